The van der Waals surface area contributed by atoms with Gasteiger partial charge in [0.1, 0.15) is 0 Å². The molecule has 2 aromatic carbocycles. The predicted molar refractivity (Wildman–Crippen MR) is 110 cm³/mol. The third-order valence-electron chi connectivity index (χ3n) is 5.30. The lowest BCUT2D eigenvalue weighted by Gasteiger charge is -2.27. The van der Waals surface area contributed by atoms with Gasteiger partial charge in [0.2, 0.25) is 0 Å². The first-order valence-electron chi connectivity index (χ1n) is 9.73. The van der Waals surface area contributed by atoms with Gasteiger partial charge >= 0.3 is 0 Å². The first kappa shape index (κ1) is 19.4. The van der Waals surface area contributed by atoms with Crippen LogP contribution in [0.5, 0.6) is 0 Å². The summed E-state index contributed by atoms with van der Waals surface area (Å²) in [4.78, 5) is 27.4. The monoisotopic (exact) mass is 399 g/mol. The van der Waals surface area contributed by atoms with Crippen LogP contribution in [0.2, 0.25) is 0 Å². The Labute approximate surface area is 174 Å². The van der Waals surface area contributed by atoms with Crippen LogP contribution >= 0.6 is 0 Å². The highest BCUT2D eigenvalue weighted by atomic mass is 16.2. The van der Waals surface area contributed by atoms with Crippen molar-refractivity contribution in [3.8, 4) is 6.07 Å². The van der Waals surface area contributed by atoms with Crippen LogP contribution in [0, 0.1) is 11.3 Å². The lowest BCUT2D eigenvalue weighted by molar-refractivity contribution is 0.0730. The number of carbonyl (C=O) groups excluding carboxylic acids is 2. The van der Waals surface area contributed by atoms with Crippen LogP contribution in [0.1, 0.15) is 43.2 Å². The molecule has 0 unspecified atom stereocenters. The van der Waals surface area contributed by atoms with Gasteiger partial charge in [0.15, 0.2) is 5.69 Å². The van der Waals surface area contributed by atoms with E-state index in [1.54, 1.807) is 33.8 Å². The molecule has 4 rings (SSSR count). The van der Waals surface area contributed by atoms with Gasteiger partial charge in [-0.3, -0.25) is 14.3 Å². The van der Waals surface area contributed by atoms with Crippen LogP contribution in [0.3, 0.4) is 0 Å². The molecule has 1 aliphatic rings. The fourth-order valence-corrected chi connectivity index (χ4v) is 3.68. The molecule has 7 heteroatoms. The number of nitriles is 1. The Balaban J connectivity index is 1.51. The molecule has 0 atom stereocenters. The molecule has 2 heterocycles. The van der Waals surface area contributed by atoms with Crippen LogP contribution in [-0.2, 0) is 26.6 Å². The molecule has 150 valence electrons. The molecule has 1 aliphatic heterocycles. The molecule has 1 N–H and O–H groups in total. The second-order valence-electron chi connectivity index (χ2n) is 7.23. The second kappa shape index (κ2) is 8.21. The van der Waals surface area contributed by atoms with Crippen LogP contribution in [0.15, 0.2) is 54.6 Å². The van der Waals surface area contributed by atoms with Crippen molar-refractivity contribution in [2.75, 3.05) is 6.54 Å². The number of carbonyl (C=O) groups is 2. The molecule has 0 spiro atoms. The van der Waals surface area contributed by atoms with Crippen LogP contribution < -0.4 is 5.32 Å². The lowest BCUT2D eigenvalue weighted by Crippen LogP contribution is -2.37. The van der Waals surface area contributed by atoms with Crippen molar-refractivity contribution in [3.05, 3.63) is 88.2 Å². The Hall–Kier alpha value is -3.92. The molecular weight excluding hydrogens is 378 g/mol. The van der Waals surface area contributed by atoms with E-state index in [0.29, 0.717) is 42.9 Å². The zero-order valence-corrected chi connectivity index (χ0v) is 16.6. The number of nitrogens with zero attached hydrogens (tertiary/aromatic N) is 4. The van der Waals surface area contributed by atoms with Gasteiger partial charge in [-0.25, -0.2) is 0 Å². The highest BCUT2D eigenvalue weighted by Gasteiger charge is 2.29. The minimum absolute atomic E-state index is 0.121. The van der Waals surface area contributed by atoms with E-state index in [9.17, 15) is 9.59 Å². The van der Waals surface area contributed by atoms with Crippen molar-refractivity contribution in [3.63, 3.8) is 0 Å². The normalized spacial score (nSPS) is 12.7. The first-order valence-corrected chi connectivity index (χ1v) is 9.73. The number of nitrogens with one attached hydrogen (secondary N) is 1. The van der Waals surface area contributed by atoms with Crippen LogP contribution in [-0.4, -0.2) is 33.0 Å². The largest absolute Gasteiger partial charge is 0.347 e. The Kier molecular flexibility index (Phi) is 5.31. The third-order valence-corrected chi connectivity index (χ3v) is 5.30. The van der Waals surface area contributed by atoms with Gasteiger partial charge in [0, 0.05) is 43.4 Å². The number of hydrogen-bond acceptors (Lipinski definition) is 4. The number of aryl methyl sites for hydroxylation is 1. The third kappa shape index (κ3) is 3.80. The highest BCUT2D eigenvalue weighted by Crippen LogP contribution is 2.24. The number of benzene rings is 2. The van der Waals surface area contributed by atoms with Gasteiger partial charge in [0.05, 0.1) is 18.2 Å². The van der Waals surface area contributed by atoms with E-state index >= 15 is 0 Å². The summed E-state index contributed by atoms with van der Waals surface area (Å²) in [6.45, 7) is 1.30. The molecular formula is C23H21N5O2. The summed E-state index contributed by atoms with van der Waals surface area (Å²) in [7, 11) is 1.82. The minimum Gasteiger partial charge on any atom is -0.347 e. The molecule has 0 radical (unpaired) electrons. The average Bonchev–Trinajstić information content (AvgIpc) is 3.13. The second-order valence-corrected chi connectivity index (χ2v) is 7.23. The summed E-state index contributed by atoms with van der Waals surface area (Å²) in [5, 5.41) is 16.3. The van der Waals surface area contributed by atoms with E-state index in [0.717, 1.165) is 16.8 Å². The van der Waals surface area contributed by atoms with E-state index in [1.165, 1.54) is 0 Å². The van der Waals surface area contributed by atoms with Crippen LogP contribution in [0.25, 0.3) is 0 Å². The smallest absolute Gasteiger partial charge is 0.272 e. The van der Waals surface area contributed by atoms with E-state index in [1.807, 2.05) is 37.4 Å². The summed E-state index contributed by atoms with van der Waals surface area (Å²) in [6.07, 6.45) is 0.632. The Morgan fingerprint density at radius 1 is 1.13 bits per heavy atom. The Morgan fingerprint density at radius 2 is 1.87 bits per heavy atom. The summed E-state index contributed by atoms with van der Waals surface area (Å²) in [5.74, 6) is -0.368. The lowest BCUT2D eigenvalue weighted by atomic mass is 10.0. The Morgan fingerprint density at radius 3 is 2.57 bits per heavy atom. The van der Waals surface area contributed by atoms with Crippen molar-refractivity contribution in [1.82, 2.24) is 20.0 Å². The van der Waals surface area contributed by atoms with Gasteiger partial charge in [-0.2, -0.15) is 10.4 Å². The first-order chi connectivity index (χ1) is 14.6. The van der Waals surface area contributed by atoms with E-state index in [2.05, 4.69) is 16.5 Å². The fraction of sp³-hybridized carbons (Fsp3) is 0.217. The van der Waals surface area contributed by atoms with Gasteiger partial charge in [-0.05, 0) is 29.8 Å². The molecule has 0 saturated heterocycles. The van der Waals surface area contributed by atoms with E-state index in [4.69, 9.17) is 5.26 Å². The number of hydrogen-bond donors (Lipinski definition) is 1. The SMILES string of the molecule is Cn1nc(C(=O)NCc2ccccc2)c2c1CCN(C(=O)c1ccc(C#N)cc1)C2. The maximum absolute atomic E-state index is 12.9. The zero-order chi connectivity index (χ0) is 21.1. The van der Waals surface area contributed by atoms with Crippen molar-refractivity contribution in [2.24, 2.45) is 7.05 Å². The topological polar surface area (TPSA) is 91.0 Å². The van der Waals surface area contributed by atoms with Gasteiger partial charge in [0.25, 0.3) is 11.8 Å². The molecule has 0 fully saturated rings. The molecule has 30 heavy (non-hydrogen) atoms. The minimum atomic E-state index is -0.247. The average molecular weight is 399 g/mol. The summed E-state index contributed by atoms with van der Waals surface area (Å²) in [6, 6.07) is 18.3. The van der Waals surface area contributed by atoms with Crippen molar-refractivity contribution in [1.29, 1.82) is 5.26 Å². The standard InChI is InChI=1S/C23H21N5O2/c1-27-20-11-12-28(23(30)18-9-7-16(13-24)8-10-18)15-19(20)21(26-27)22(29)25-14-17-5-3-2-4-6-17/h2-10H,11-12,14-15H2,1H3,(H,25,29). The summed E-state index contributed by atoms with van der Waals surface area (Å²) in [5.41, 5.74) is 4.17. The molecule has 1 aromatic heterocycles. The molecule has 0 saturated carbocycles. The molecule has 0 aliphatic carbocycles. The Bertz CT molecular complexity index is 1130. The van der Waals surface area contributed by atoms with Crippen LogP contribution in [0.4, 0.5) is 0 Å². The number of amides is 2. The molecule has 3 aromatic rings. The summed E-state index contributed by atoms with van der Waals surface area (Å²) >= 11 is 0. The fourth-order valence-electron chi connectivity index (χ4n) is 3.68. The number of fused-ring (bicyclic) bond motifs is 1. The molecule has 7 nitrogen and oxygen atoms in total. The number of aromatic nitrogens is 2. The van der Waals surface area contributed by atoms with Crippen molar-refractivity contribution >= 4 is 11.8 Å². The molecule has 0 bridgehead atoms. The maximum atomic E-state index is 12.9. The van der Waals surface area contributed by atoms with E-state index in [-0.39, 0.29) is 11.8 Å². The quantitative estimate of drug-likeness (QED) is 0.729. The van der Waals surface area contributed by atoms with Crippen molar-refractivity contribution in [2.45, 2.75) is 19.5 Å². The van der Waals surface area contributed by atoms with E-state index < -0.39 is 0 Å². The summed E-state index contributed by atoms with van der Waals surface area (Å²) < 4.78 is 1.73. The maximum Gasteiger partial charge on any atom is 0.272 e. The molecule has 2 amide bonds. The highest BCUT2D eigenvalue weighted by molar-refractivity contribution is 5.96. The number of rotatable bonds is 4. The predicted octanol–water partition coefficient (Wildman–Crippen LogP) is 2.42. The van der Waals surface area contributed by atoms with Gasteiger partial charge < -0.3 is 10.2 Å². The van der Waals surface area contributed by atoms with Gasteiger partial charge in [-0.1, -0.05) is 30.3 Å². The van der Waals surface area contributed by atoms with Crippen molar-refractivity contribution < 1.29 is 9.59 Å². The van der Waals surface area contributed by atoms with Gasteiger partial charge in [-0.15, -0.1) is 0 Å². The zero-order valence-electron chi connectivity index (χ0n) is 16.6.